The molecule has 2 atom stereocenters. The maximum atomic E-state index is 10.2. The molecule has 0 aromatic carbocycles. The van der Waals surface area contributed by atoms with E-state index in [1.165, 1.54) is 19.3 Å². The largest absolute Gasteiger partial charge is 1.00 e. The lowest BCUT2D eigenvalue weighted by atomic mass is 9.51. The Kier molecular flexibility index (Phi) is 1.96. The van der Waals surface area contributed by atoms with Crippen molar-refractivity contribution in [3.8, 4) is 0 Å². The third kappa shape index (κ3) is 1.39. The smallest absolute Gasteiger partial charge is 0.0670 e. The van der Waals surface area contributed by atoms with Crippen LogP contribution in [0.25, 0.3) is 0 Å². The van der Waals surface area contributed by atoms with E-state index in [1.807, 2.05) is 0 Å². The van der Waals surface area contributed by atoms with E-state index >= 15 is 0 Å². The van der Waals surface area contributed by atoms with Crippen molar-refractivity contribution >= 4 is 0 Å². The summed E-state index contributed by atoms with van der Waals surface area (Å²) in [5.41, 5.74) is 5.90. The first kappa shape index (κ1) is 9.75. The molecule has 0 saturated heterocycles. The third-order valence-electron chi connectivity index (χ3n) is 4.08. The Balaban J connectivity index is 0.000000653. The van der Waals surface area contributed by atoms with E-state index < -0.39 is 0 Å². The first-order chi connectivity index (χ1) is 5.57. The molecule has 4 rings (SSSR count). The average Bonchev–Trinajstić information content (AvgIpc) is 1.75. The van der Waals surface area contributed by atoms with Crippen LogP contribution in [-0.2, 0) is 0 Å². The number of aliphatic hydroxyl groups is 1. The van der Waals surface area contributed by atoms with Crippen molar-refractivity contribution < 1.29 is 17.5 Å². The maximum absolute atomic E-state index is 10.2. The van der Waals surface area contributed by atoms with Gasteiger partial charge < -0.3 is 23.2 Å². The average molecular weight is 203 g/mol. The van der Waals surface area contributed by atoms with Gasteiger partial charge in [-0.05, 0) is 50.4 Å². The van der Waals surface area contributed by atoms with E-state index in [1.54, 1.807) is 0 Å². The minimum absolute atomic E-state index is 0. The first-order valence-electron chi connectivity index (χ1n) is 5.08. The van der Waals surface area contributed by atoms with Crippen LogP contribution in [0.3, 0.4) is 0 Å². The van der Waals surface area contributed by atoms with Gasteiger partial charge in [-0.3, -0.25) is 0 Å². The SMILES string of the molecule is NC12CC3CC(C1)CC(O)(C3)C2.[Cl-]. The first-order valence-corrected chi connectivity index (χ1v) is 5.08. The number of hydrogen-bond donors (Lipinski definition) is 2. The van der Waals surface area contributed by atoms with E-state index in [4.69, 9.17) is 5.73 Å². The number of halogens is 1. The maximum Gasteiger partial charge on any atom is 0.0670 e. The highest BCUT2D eigenvalue weighted by molar-refractivity contribution is 5.10. The molecule has 4 aliphatic carbocycles. The van der Waals surface area contributed by atoms with Crippen LogP contribution in [-0.4, -0.2) is 16.2 Å². The van der Waals surface area contributed by atoms with Crippen molar-refractivity contribution in [2.75, 3.05) is 0 Å². The summed E-state index contributed by atoms with van der Waals surface area (Å²) in [6, 6.07) is 0. The minimum Gasteiger partial charge on any atom is -1.00 e. The van der Waals surface area contributed by atoms with Crippen LogP contribution >= 0.6 is 0 Å². The molecule has 0 amide bonds. The van der Waals surface area contributed by atoms with E-state index in [0.29, 0.717) is 0 Å². The number of hydrogen-bond acceptors (Lipinski definition) is 2. The Morgan fingerprint density at radius 1 is 1.08 bits per heavy atom. The third-order valence-corrected chi connectivity index (χ3v) is 4.08. The Morgan fingerprint density at radius 2 is 1.62 bits per heavy atom. The molecule has 0 aromatic heterocycles. The molecule has 0 aromatic rings. The summed E-state index contributed by atoms with van der Waals surface area (Å²) in [5, 5.41) is 10.2. The van der Waals surface area contributed by atoms with Gasteiger partial charge in [0.1, 0.15) is 0 Å². The van der Waals surface area contributed by atoms with Crippen molar-refractivity contribution in [2.24, 2.45) is 17.6 Å². The Morgan fingerprint density at radius 3 is 2.00 bits per heavy atom. The number of nitrogens with two attached hydrogens (primary N) is 1. The molecule has 76 valence electrons. The second-order valence-electron chi connectivity index (χ2n) is 5.55. The molecule has 2 unspecified atom stereocenters. The zero-order valence-electron chi connectivity index (χ0n) is 7.80. The summed E-state index contributed by atoms with van der Waals surface area (Å²) >= 11 is 0. The summed E-state index contributed by atoms with van der Waals surface area (Å²) in [6.07, 6.45) is 6.61. The normalized spacial score (nSPS) is 57.7. The van der Waals surface area contributed by atoms with Crippen molar-refractivity contribution in [3.05, 3.63) is 0 Å². The highest BCUT2D eigenvalue weighted by Crippen LogP contribution is 2.56. The molecule has 0 aliphatic heterocycles. The van der Waals surface area contributed by atoms with Gasteiger partial charge in [0.25, 0.3) is 0 Å². The van der Waals surface area contributed by atoms with Crippen LogP contribution in [0.2, 0.25) is 0 Å². The molecule has 3 N–H and O–H groups in total. The monoisotopic (exact) mass is 202 g/mol. The van der Waals surface area contributed by atoms with Crippen molar-refractivity contribution in [3.63, 3.8) is 0 Å². The van der Waals surface area contributed by atoms with Gasteiger partial charge in [-0.15, -0.1) is 0 Å². The Labute approximate surface area is 85.3 Å². The molecule has 0 radical (unpaired) electrons. The Bertz CT molecular complexity index is 197. The molecule has 4 saturated carbocycles. The molecular weight excluding hydrogens is 186 g/mol. The van der Waals surface area contributed by atoms with Gasteiger partial charge in [0.2, 0.25) is 0 Å². The van der Waals surface area contributed by atoms with Crippen LogP contribution < -0.4 is 18.1 Å². The van der Waals surface area contributed by atoms with Crippen LogP contribution in [0, 0.1) is 11.8 Å². The summed E-state index contributed by atoms with van der Waals surface area (Å²) < 4.78 is 0. The topological polar surface area (TPSA) is 46.2 Å². The van der Waals surface area contributed by atoms with E-state index in [9.17, 15) is 5.11 Å². The van der Waals surface area contributed by atoms with E-state index in [0.717, 1.165) is 31.1 Å². The predicted octanol–water partition coefficient (Wildman–Crippen LogP) is -1.97. The van der Waals surface area contributed by atoms with Crippen molar-refractivity contribution in [1.29, 1.82) is 0 Å². The molecular formula is C10H17ClNO-. The second kappa shape index (κ2) is 2.62. The molecule has 4 bridgehead atoms. The molecule has 4 aliphatic rings. The summed E-state index contributed by atoms with van der Waals surface area (Å²) in [6.45, 7) is 0. The number of rotatable bonds is 0. The molecule has 4 fully saturated rings. The minimum atomic E-state index is -0.362. The Hall–Kier alpha value is 0.210. The van der Waals surface area contributed by atoms with Crippen molar-refractivity contribution in [1.82, 2.24) is 0 Å². The van der Waals surface area contributed by atoms with Gasteiger partial charge in [0.05, 0.1) is 5.60 Å². The molecule has 0 heterocycles. The fourth-order valence-corrected chi connectivity index (χ4v) is 4.28. The standard InChI is InChI=1S/C10H17NO.ClH/c11-9-2-7-1-8(3-9)5-10(12,4-7)6-9;/h7-8,12H,1-6,11H2;1H/p-1. The van der Waals surface area contributed by atoms with Gasteiger partial charge in [0.15, 0.2) is 0 Å². The van der Waals surface area contributed by atoms with Crippen LogP contribution in [0.5, 0.6) is 0 Å². The lowest BCUT2D eigenvalue weighted by Crippen LogP contribution is -3.00. The zero-order valence-corrected chi connectivity index (χ0v) is 8.56. The van der Waals surface area contributed by atoms with Gasteiger partial charge >= 0.3 is 0 Å². The summed E-state index contributed by atoms with van der Waals surface area (Å²) in [7, 11) is 0. The lowest BCUT2D eigenvalue weighted by Gasteiger charge is -2.58. The molecule has 2 nitrogen and oxygen atoms in total. The zero-order chi connectivity index (χ0) is 8.40. The lowest BCUT2D eigenvalue weighted by molar-refractivity contribution is -0.133. The van der Waals surface area contributed by atoms with Crippen molar-refractivity contribution in [2.45, 2.75) is 49.7 Å². The van der Waals surface area contributed by atoms with Gasteiger partial charge in [-0.2, -0.15) is 0 Å². The van der Waals surface area contributed by atoms with E-state index in [2.05, 4.69) is 0 Å². The van der Waals surface area contributed by atoms with Gasteiger partial charge in [-0.1, -0.05) is 0 Å². The fourth-order valence-electron chi connectivity index (χ4n) is 4.28. The quantitative estimate of drug-likeness (QED) is 0.479. The second-order valence-corrected chi connectivity index (χ2v) is 5.55. The van der Waals surface area contributed by atoms with E-state index in [-0.39, 0.29) is 23.5 Å². The molecule has 0 spiro atoms. The van der Waals surface area contributed by atoms with Crippen LogP contribution in [0.1, 0.15) is 38.5 Å². The molecule has 13 heavy (non-hydrogen) atoms. The van der Waals surface area contributed by atoms with Gasteiger partial charge in [-0.25, -0.2) is 0 Å². The predicted molar refractivity (Wildman–Crippen MR) is 46.6 cm³/mol. The van der Waals surface area contributed by atoms with Gasteiger partial charge in [0, 0.05) is 5.54 Å². The summed E-state index contributed by atoms with van der Waals surface area (Å²) in [4.78, 5) is 0. The fraction of sp³-hybridized carbons (Fsp3) is 1.00. The van der Waals surface area contributed by atoms with Crippen LogP contribution in [0.4, 0.5) is 0 Å². The highest BCUT2D eigenvalue weighted by atomic mass is 35.5. The van der Waals surface area contributed by atoms with Crippen LogP contribution in [0.15, 0.2) is 0 Å². The summed E-state index contributed by atoms with van der Waals surface area (Å²) in [5.74, 6) is 1.47. The highest BCUT2D eigenvalue weighted by Gasteiger charge is 2.55. The molecule has 3 heteroatoms.